The zero-order valence-electron chi connectivity index (χ0n) is 10.2. The number of benzene rings is 1. The summed E-state index contributed by atoms with van der Waals surface area (Å²) in [6.45, 7) is 0. The topological polar surface area (TPSA) is 53.1 Å². The summed E-state index contributed by atoms with van der Waals surface area (Å²) in [7, 11) is 1.37. The standard InChI is InChI=1S/C12H8F3N3O2/c1-18-10(5-9(17-18)12(13,14)15)20-8-4-2-3-7-11(8)16-6-19-7/h2-6H,1H3. The molecule has 3 rings (SSSR count). The highest BCUT2D eigenvalue weighted by Crippen LogP contribution is 2.33. The molecule has 0 N–H and O–H groups in total. The number of aromatic nitrogens is 3. The highest BCUT2D eigenvalue weighted by molar-refractivity contribution is 5.79. The van der Waals surface area contributed by atoms with Gasteiger partial charge in [-0.05, 0) is 12.1 Å². The minimum absolute atomic E-state index is 0.0344. The summed E-state index contributed by atoms with van der Waals surface area (Å²) in [5, 5.41) is 3.37. The summed E-state index contributed by atoms with van der Waals surface area (Å²) in [6.07, 6.45) is -3.28. The van der Waals surface area contributed by atoms with Crippen molar-refractivity contribution < 1.29 is 22.3 Å². The molecule has 8 heteroatoms. The first-order chi connectivity index (χ1) is 9.45. The van der Waals surface area contributed by atoms with Crippen molar-refractivity contribution in [3.8, 4) is 11.6 Å². The lowest BCUT2D eigenvalue weighted by Crippen LogP contribution is -2.06. The van der Waals surface area contributed by atoms with Gasteiger partial charge < -0.3 is 9.15 Å². The Morgan fingerprint density at radius 1 is 1.30 bits per heavy atom. The molecule has 0 saturated carbocycles. The number of halogens is 3. The van der Waals surface area contributed by atoms with Crippen LogP contribution in [0.15, 0.2) is 35.1 Å². The molecule has 0 spiro atoms. The molecule has 5 nitrogen and oxygen atoms in total. The van der Waals surface area contributed by atoms with Gasteiger partial charge in [0.1, 0.15) is 0 Å². The van der Waals surface area contributed by atoms with Crippen LogP contribution in [0.3, 0.4) is 0 Å². The Kier molecular flexibility index (Phi) is 2.66. The predicted octanol–water partition coefficient (Wildman–Crippen LogP) is 3.37. The molecule has 0 aliphatic rings. The molecule has 1 aromatic carbocycles. The van der Waals surface area contributed by atoms with Crippen molar-refractivity contribution >= 4 is 11.1 Å². The average Bonchev–Trinajstić information content (AvgIpc) is 2.96. The molecule has 0 amide bonds. The Bertz CT molecular complexity index is 761. The Labute approximate surface area is 110 Å². The van der Waals surface area contributed by atoms with Gasteiger partial charge in [0.05, 0.1) is 0 Å². The van der Waals surface area contributed by atoms with Crippen molar-refractivity contribution in [2.45, 2.75) is 6.18 Å². The molecule has 0 radical (unpaired) electrons. The molecule has 0 aliphatic carbocycles. The Morgan fingerprint density at radius 2 is 2.10 bits per heavy atom. The predicted molar refractivity (Wildman–Crippen MR) is 62.3 cm³/mol. The van der Waals surface area contributed by atoms with E-state index in [9.17, 15) is 13.2 Å². The summed E-state index contributed by atoms with van der Waals surface area (Å²) in [5.74, 6) is 0.265. The fourth-order valence-corrected chi connectivity index (χ4v) is 1.74. The van der Waals surface area contributed by atoms with Crippen molar-refractivity contribution in [1.29, 1.82) is 0 Å². The highest BCUT2D eigenvalue weighted by atomic mass is 19.4. The maximum atomic E-state index is 12.6. The number of para-hydroxylation sites is 1. The molecule has 0 aliphatic heterocycles. The largest absolute Gasteiger partial charge is 0.443 e. The minimum atomic E-state index is -4.51. The molecule has 2 heterocycles. The quantitative estimate of drug-likeness (QED) is 0.723. The van der Waals surface area contributed by atoms with Gasteiger partial charge in [0, 0.05) is 13.1 Å². The maximum absolute atomic E-state index is 12.6. The first-order valence-electron chi connectivity index (χ1n) is 5.56. The van der Waals surface area contributed by atoms with E-state index in [-0.39, 0.29) is 5.88 Å². The molecule has 3 aromatic rings. The fourth-order valence-electron chi connectivity index (χ4n) is 1.74. The third-order valence-electron chi connectivity index (χ3n) is 2.67. The first-order valence-corrected chi connectivity index (χ1v) is 5.56. The number of nitrogens with zero attached hydrogens (tertiary/aromatic N) is 3. The molecule has 0 fully saturated rings. The lowest BCUT2D eigenvalue weighted by molar-refractivity contribution is -0.141. The summed E-state index contributed by atoms with van der Waals surface area (Å²) in [4.78, 5) is 3.96. The molecular formula is C12H8F3N3O2. The van der Waals surface area contributed by atoms with Crippen LogP contribution in [0.4, 0.5) is 13.2 Å². The van der Waals surface area contributed by atoms with Gasteiger partial charge in [-0.1, -0.05) is 6.07 Å². The van der Waals surface area contributed by atoms with Crippen LogP contribution >= 0.6 is 0 Å². The van der Waals surface area contributed by atoms with Crippen LogP contribution in [-0.2, 0) is 13.2 Å². The average molecular weight is 283 g/mol. The molecule has 2 aromatic heterocycles. The van der Waals surface area contributed by atoms with Crippen molar-refractivity contribution in [2.75, 3.05) is 0 Å². The second-order valence-electron chi connectivity index (χ2n) is 4.05. The van der Waals surface area contributed by atoms with Gasteiger partial charge >= 0.3 is 6.18 Å². The van der Waals surface area contributed by atoms with Gasteiger partial charge in [-0.25, -0.2) is 9.67 Å². The molecule has 0 unspecified atom stereocenters. The van der Waals surface area contributed by atoms with E-state index < -0.39 is 11.9 Å². The second-order valence-corrected chi connectivity index (χ2v) is 4.05. The van der Waals surface area contributed by atoms with Gasteiger partial charge in [0.15, 0.2) is 28.9 Å². The number of fused-ring (bicyclic) bond motifs is 1. The number of aryl methyl sites for hydroxylation is 1. The number of oxazole rings is 1. The Hall–Kier alpha value is -2.51. The maximum Gasteiger partial charge on any atom is 0.435 e. The van der Waals surface area contributed by atoms with E-state index in [1.54, 1.807) is 18.2 Å². The van der Waals surface area contributed by atoms with E-state index in [0.29, 0.717) is 16.8 Å². The van der Waals surface area contributed by atoms with Gasteiger partial charge in [-0.3, -0.25) is 0 Å². The lowest BCUT2D eigenvalue weighted by atomic mass is 10.3. The molecule has 104 valence electrons. The van der Waals surface area contributed by atoms with E-state index >= 15 is 0 Å². The normalized spacial score (nSPS) is 12.0. The van der Waals surface area contributed by atoms with Crippen LogP contribution in [0.1, 0.15) is 5.69 Å². The van der Waals surface area contributed by atoms with Crippen molar-refractivity contribution in [3.05, 3.63) is 36.4 Å². The molecule has 0 bridgehead atoms. The molecule has 0 atom stereocenters. The van der Waals surface area contributed by atoms with Gasteiger partial charge in [0.25, 0.3) is 0 Å². The van der Waals surface area contributed by atoms with Crippen LogP contribution < -0.4 is 4.74 Å². The highest BCUT2D eigenvalue weighted by Gasteiger charge is 2.35. The smallest absolute Gasteiger partial charge is 0.435 e. The number of hydrogen-bond acceptors (Lipinski definition) is 4. The van der Waals surface area contributed by atoms with Gasteiger partial charge in [-0.2, -0.15) is 18.3 Å². The van der Waals surface area contributed by atoms with Gasteiger partial charge in [0.2, 0.25) is 5.88 Å². The Morgan fingerprint density at radius 3 is 2.80 bits per heavy atom. The van der Waals surface area contributed by atoms with Crippen LogP contribution in [0.2, 0.25) is 0 Å². The van der Waals surface area contributed by atoms with E-state index in [4.69, 9.17) is 9.15 Å². The number of ether oxygens (including phenoxy) is 1. The van der Waals surface area contributed by atoms with Crippen LogP contribution in [-0.4, -0.2) is 14.8 Å². The summed E-state index contributed by atoms with van der Waals surface area (Å²) >= 11 is 0. The van der Waals surface area contributed by atoms with Crippen molar-refractivity contribution in [2.24, 2.45) is 7.05 Å². The van der Waals surface area contributed by atoms with Crippen LogP contribution in [0.5, 0.6) is 11.6 Å². The summed E-state index contributed by atoms with van der Waals surface area (Å²) in [6, 6.07) is 5.76. The second kappa shape index (κ2) is 4.26. The third kappa shape index (κ3) is 2.09. The molecule has 20 heavy (non-hydrogen) atoms. The van der Waals surface area contributed by atoms with E-state index in [0.717, 1.165) is 10.7 Å². The SMILES string of the molecule is Cn1nc(C(F)(F)F)cc1Oc1cccc2ocnc12. The monoisotopic (exact) mass is 283 g/mol. The van der Waals surface area contributed by atoms with E-state index in [2.05, 4.69) is 10.1 Å². The lowest BCUT2D eigenvalue weighted by Gasteiger charge is -2.04. The first kappa shape index (κ1) is 12.5. The van der Waals surface area contributed by atoms with Crippen molar-refractivity contribution in [3.63, 3.8) is 0 Å². The number of hydrogen-bond donors (Lipinski definition) is 0. The summed E-state index contributed by atoms with van der Waals surface area (Å²) < 4.78 is 49.2. The Balaban J connectivity index is 1.99. The molecular weight excluding hydrogens is 275 g/mol. The van der Waals surface area contributed by atoms with Crippen LogP contribution in [0, 0.1) is 0 Å². The number of rotatable bonds is 2. The summed E-state index contributed by atoms with van der Waals surface area (Å²) in [5.41, 5.74) is -0.0923. The fraction of sp³-hybridized carbons (Fsp3) is 0.167. The molecule has 0 saturated heterocycles. The number of alkyl halides is 3. The van der Waals surface area contributed by atoms with Crippen molar-refractivity contribution in [1.82, 2.24) is 14.8 Å². The minimum Gasteiger partial charge on any atom is -0.443 e. The zero-order valence-corrected chi connectivity index (χ0v) is 10.2. The van der Waals surface area contributed by atoms with E-state index in [1.807, 2.05) is 0 Å². The third-order valence-corrected chi connectivity index (χ3v) is 2.67. The van der Waals surface area contributed by atoms with Crippen LogP contribution in [0.25, 0.3) is 11.1 Å². The van der Waals surface area contributed by atoms with Gasteiger partial charge in [-0.15, -0.1) is 0 Å². The zero-order chi connectivity index (χ0) is 14.3. The van der Waals surface area contributed by atoms with E-state index in [1.165, 1.54) is 13.4 Å².